The molecule has 0 amide bonds. The van der Waals surface area contributed by atoms with E-state index in [1.54, 1.807) is 7.11 Å². The van der Waals surface area contributed by atoms with E-state index in [-0.39, 0.29) is 0 Å². The van der Waals surface area contributed by atoms with Crippen molar-refractivity contribution in [3.8, 4) is 0 Å². The lowest BCUT2D eigenvalue weighted by molar-refractivity contribution is 0.128. The zero-order valence-corrected chi connectivity index (χ0v) is 14.0. The van der Waals surface area contributed by atoms with Gasteiger partial charge < -0.3 is 14.8 Å². The Morgan fingerprint density at radius 3 is 2.43 bits per heavy atom. The highest BCUT2D eigenvalue weighted by molar-refractivity contribution is 5.24. The fourth-order valence-corrected chi connectivity index (χ4v) is 2.31. The van der Waals surface area contributed by atoms with Gasteiger partial charge in [-0.25, -0.2) is 9.97 Å². The zero-order valence-electron chi connectivity index (χ0n) is 14.0. The number of aromatic nitrogens is 2. The Balaban J connectivity index is 2.57. The van der Waals surface area contributed by atoms with Gasteiger partial charge in [0.1, 0.15) is 6.61 Å². The van der Waals surface area contributed by atoms with E-state index in [9.17, 15) is 0 Å². The average molecular weight is 295 g/mol. The summed E-state index contributed by atoms with van der Waals surface area (Å²) in [6.07, 6.45) is 0.993. The lowest BCUT2D eigenvalue weighted by Gasteiger charge is -2.16. The summed E-state index contributed by atoms with van der Waals surface area (Å²) in [5.41, 5.74) is 3.40. The second-order valence-corrected chi connectivity index (χ2v) is 5.43. The first kappa shape index (κ1) is 18.0. The van der Waals surface area contributed by atoms with E-state index in [2.05, 4.69) is 36.1 Å². The van der Waals surface area contributed by atoms with Gasteiger partial charge in [0.25, 0.3) is 0 Å². The minimum atomic E-state index is 0.493. The van der Waals surface area contributed by atoms with Crippen molar-refractivity contribution in [1.82, 2.24) is 15.3 Å². The standard InChI is InChI=1S/C16H29N3O2/c1-6-21-11-16-18-13(3)15(14(4)19-16)9-12(2)10-17-7-8-20-5/h12,17H,6-11H2,1-5H3. The van der Waals surface area contributed by atoms with Gasteiger partial charge in [-0.3, -0.25) is 0 Å². The number of nitrogens with one attached hydrogen (secondary N) is 1. The van der Waals surface area contributed by atoms with Crippen LogP contribution >= 0.6 is 0 Å². The van der Waals surface area contributed by atoms with E-state index in [0.717, 1.165) is 43.3 Å². The molecule has 0 aliphatic rings. The van der Waals surface area contributed by atoms with Crippen LogP contribution in [0.3, 0.4) is 0 Å². The molecule has 0 saturated carbocycles. The molecule has 0 saturated heterocycles. The first-order valence-corrected chi connectivity index (χ1v) is 7.68. The second kappa shape index (κ2) is 9.82. The molecule has 1 aromatic heterocycles. The van der Waals surface area contributed by atoms with E-state index < -0.39 is 0 Å². The second-order valence-electron chi connectivity index (χ2n) is 5.43. The molecule has 21 heavy (non-hydrogen) atoms. The van der Waals surface area contributed by atoms with Crippen LogP contribution in [0, 0.1) is 19.8 Å². The average Bonchev–Trinajstić information content (AvgIpc) is 2.45. The number of rotatable bonds is 10. The molecule has 0 radical (unpaired) electrons. The molecule has 0 aromatic carbocycles. The van der Waals surface area contributed by atoms with E-state index in [0.29, 0.717) is 19.1 Å². The van der Waals surface area contributed by atoms with Crippen molar-refractivity contribution < 1.29 is 9.47 Å². The Morgan fingerprint density at radius 1 is 1.19 bits per heavy atom. The summed E-state index contributed by atoms with van der Waals surface area (Å²) < 4.78 is 10.4. The molecule has 1 rings (SSSR count). The maximum Gasteiger partial charge on any atom is 0.154 e. The van der Waals surface area contributed by atoms with E-state index >= 15 is 0 Å². The molecule has 1 atom stereocenters. The lowest BCUT2D eigenvalue weighted by atomic mass is 9.98. The third-order valence-corrected chi connectivity index (χ3v) is 3.43. The SMILES string of the molecule is CCOCc1nc(C)c(CC(C)CNCCOC)c(C)n1. The Bertz CT molecular complexity index is 401. The van der Waals surface area contributed by atoms with Crippen molar-refractivity contribution in [2.24, 2.45) is 5.92 Å². The van der Waals surface area contributed by atoms with Crippen LogP contribution in [0.4, 0.5) is 0 Å². The van der Waals surface area contributed by atoms with Crippen LogP contribution in [-0.2, 0) is 22.5 Å². The van der Waals surface area contributed by atoms with E-state index in [1.165, 1.54) is 5.56 Å². The third kappa shape index (κ3) is 6.50. The van der Waals surface area contributed by atoms with Crippen LogP contribution in [0.25, 0.3) is 0 Å². The molecule has 5 heteroatoms. The van der Waals surface area contributed by atoms with Crippen LogP contribution in [0.15, 0.2) is 0 Å². The Morgan fingerprint density at radius 2 is 1.86 bits per heavy atom. The maximum atomic E-state index is 5.38. The third-order valence-electron chi connectivity index (χ3n) is 3.43. The summed E-state index contributed by atoms with van der Waals surface area (Å²) in [6.45, 7) is 12.1. The fourth-order valence-electron chi connectivity index (χ4n) is 2.31. The van der Waals surface area contributed by atoms with Gasteiger partial charge in [-0.05, 0) is 45.2 Å². The van der Waals surface area contributed by atoms with Crippen molar-refractivity contribution in [1.29, 1.82) is 0 Å². The van der Waals surface area contributed by atoms with E-state index in [4.69, 9.17) is 9.47 Å². The zero-order chi connectivity index (χ0) is 15.7. The summed E-state index contributed by atoms with van der Waals surface area (Å²) in [6, 6.07) is 0. The molecule has 0 spiro atoms. The first-order valence-electron chi connectivity index (χ1n) is 7.68. The van der Waals surface area contributed by atoms with Gasteiger partial charge >= 0.3 is 0 Å². The number of ether oxygens (including phenoxy) is 2. The predicted octanol–water partition coefficient (Wildman–Crippen LogP) is 2.04. The normalized spacial score (nSPS) is 12.6. The number of aryl methyl sites for hydroxylation is 2. The van der Waals surface area contributed by atoms with Crippen LogP contribution in [0.5, 0.6) is 0 Å². The number of hydrogen-bond acceptors (Lipinski definition) is 5. The van der Waals surface area contributed by atoms with Crippen molar-refractivity contribution in [3.63, 3.8) is 0 Å². The first-order chi connectivity index (χ1) is 10.1. The topological polar surface area (TPSA) is 56.3 Å². The van der Waals surface area contributed by atoms with Crippen molar-refractivity contribution in [2.75, 3.05) is 33.4 Å². The molecular formula is C16H29N3O2. The predicted molar refractivity (Wildman–Crippen MR) is 84.4 cm³/mol. The van der Waals surface area contributed by atoms with Crippen LogP contribution in [0.2, 0.25) is 0 Å². The van der Waals surface area contributed by atoms with Crippen LogP contribution in [0.1, 0.15) is 36.6 Å². The quantitative estimate of drug-likeness (QED) is 0.670. The molecule has 0 aliphatic heterocycles. The Kier molecular flexibility index (Phi) is 8.42. The smallest absolute Gasteiger partial charge is 0.154 e. The summed E-state index contributed by atoms with van der Waals surface area (Å²) in [5.74, 6) is 1.32. The molecule has 0 fully saturated rings. The molecule has 1 aromatic rings. The van der Waals surface area contributed by atoms with Gasteiger partial charge in [0.2, 0.25) is 0 Å². The van der Waals surface area contributed by atoms with Crippen LogP contribution < -0.4 is 5.32 Å². The Labute approximate surface area is 128 Å². The Hall–Kier alpha value is -1.04. The number of methoxy groups -OCH3 is 1. The molecule has 1 heterocycles. The molecule has 5 nitrogen and oxygen atoms in total. The van der Waals surface area contributed by atoms with Crippen molar-refractivity contribution in [2.45, 2.75) is 40.7 Å². The summed E-state index contributed by atoms with van der Waals surface area (Å²) >= 11 is 0. The van der Waals surface area contributed by atoms with Crippen LogP contribution in [-0.4, -0.2) is 43.4 Å². The number of hydrogen-bond donors (Lipinski definition) is 1. The van der Waals surface area contributed by atoms with Gasteiger partial charge in [0, 0.05) is 31.6 Å². The molecular weight excluding hydrogens is 266 g/mol. The van der Waals surface area contributed by atoms with Gasteiger partial charge in [-0.15, -0.1) is 0 Å². The van der Waals surface area contributed by atoms with Gasteiger partial charge in [-0.2, -0.15) is 0 Å². The molecule has 0 bridgehead atoms. The highest BCUT2D eigenvalue weighted by Crippen LogP contribution is 2.15. The molecule has 1 N–H and O–H groups in total. The monoisotopic (exact) mass is 295 g/mol. The van der Waals surface area contributed by atoms with Crippen molar-refractivity contribution >= 4 is 0 Å². The minimum Gasteiger partial charge on any atom is -0.383 e. The van der Waals surface area contributed by atoms with Gasteiger partial charge in [0.15, 0.2) is 5.82 Å². The summed E-state index contributed by atoms with van der Waals surface area (Å²) in [7, 11) is 1.72. The molecule has 1 unspecified atom stereocenters. The molecule has 0 aliphatic carbocycles. The van der Waals surface area contributed by atoms with E-state index in [1.807, 2.05) is 6.92 Å². The maximum absolute atomic E-state index is 5.38. The summed E-state index contributed by atoms with van der Waals surface area (Å²) in [4.78, 5) is 9.12. The number of nitrogens with zero attached hydrogens (tertiary/aromatic N) is 2. The van der Waals surface area contributed by atoms with Gasteiger partial charge in [-0.1, -0.05) is 6.92 Å². The highest BCUT2D eigenvalue weighted by Gasteiger charge is 2.12. The van der Waals surface area contributed by atoms with Crippen molar-refractivity contribution in [3.05, 3.63) is 22.8 Å². The molecule has 120 valence electrons. The highest BCUT2D eigenvalue weighted by atomic mass is 16.5. The fraction of sp³-hybridized carbons (Fsp3) is 0.750. The summed E-state index contributed by atoms with van der Waals surface area (Å²) in [5, 5.41) is 3.40. The largest absolute Gasteiger partial charge is 0.383 e. The lowest BCUT2D eigenvalue weighted by Crippen LogP contribution is -2.26. The van der Waals surface area contributed by atoms with Gasteiger partial charge in [0.05, 0.1) is 6.61 Å². The minimum absolute atomic E-state index is 0.493.